The van der Waals surface area contributed by atoms with E-state index in [2.05, 4.69) is 5.32 Å². The third kappa shape index (κ3) is 3.57. The predicted octanol–water partition coefficient (Wildman–Crippen LogP) is 5.10. The Kier molecular flexibility index (Phi) is 5.38. The lowest BCUT2D eigenvalue weighted by molar-refractivity contribution is -0.126. The molecular weight excluding hydrogens is 458 g/mol. The van der Waals surface area contributed by atoms with Crippen molar-refractivity contribution in [3.05, 3.63) is 82.3 Å². The van der Waals surface area contributed by atoms with E-state index in [0.717, 1.165) is 15.8 Å². The van der Waals surface area contributed by atoms with Crippen LogP contribution in [0.1, 0.15) is 23.0 Å². The smallest absolute Gasteiger partial charge is 0.275 e. The van der Waals surface area contributed by atoms with Crippen LogP contribution in [0, 0.1) is 0 Å². The maximum Gasteiger partial charge on any atom is 0.275 e. The maximum absolute atomic E-state index is 13.8. The molecule has 1 N–H and O–H groups in total. The zero-order chi connectivity index (χ0) is 23.2. The summed E-state index contributed by atoms with van der Waals surface area (Å²) in [5.41, 5.74) is 0.827. The molecule has 33 heavy (non-hydrogen) atoms. The van der Waals surface area contributed by atoms with Crippen molar-refractivity contribution in [2.75, 3.05) is 12.0 Å². The fourth-order valence-electron chi connectivity index (χ4n) is 4.43. The van der Waals surface area contributed by atoms with Gasteiger partial charge in [0, 0.05) is 28.2 Å². The van der Waals surface area contributed by atoms with Gasteiger partial charge >= 0.3 is 0 Å². The molecule has 1 atom stereocenters. The van der Waals surface area contributed by atoms with Crippen molar-refractivity contribution in [2.24, 2.45) is 0 Å². The zero-order valence-corrected chi connectivity index (χ0v) is 19.7. The van der Waals surface area contributed by atoms with Gasteiger partial charge in [-0.3, -0.25) is 14.5 Å². The standard InChI is InChI=1S/C25H22ClN3O3S/c1-25(24(31)27-14-17-6-3-4-9-21(17)32-2)15-28-20(12-16-10-11-33-23(16)28)22(30)29(25)19-8-5-7-18(26)13-19/h3-13H,14-15H2,1-2H3,(H,27,31). The number of methoxy groups -OCH3 is 1. The van der Waals surface area contributed by atoms with E-state index < -0.39 is 5.54 Å². The number of nitrogens with zero attached hydrogens (tertiary/aromatic N) is 2. The highest BCUT2D eigenvalue weighted by molar-refractivity contribution is 7.16. The van der Waals surface area contributed by atoms with Gasteiger partial charge < -0.3 is 14.6 Å². The van der Waals surface area contributed by atoms with Crippen molar-refractivity contribution in [1.29, 1.82) is 0 Å². The average Bonchev–Trinajstić information content (AvgIpc) is 3.40. The first-order chi connectivity index (χ1) is 15.9. The maximum atomic E-state index is 13.8. The second kappa shape index (κ2) is 8.24. The second-order valence-electron chi connectivity index (χ2n) is 8.19. The number of amides is 2. The molecule has 1 unspecified atom stereocenters. The van der Waals surface area contributed by atoms with Crippen molar-refractivity contribution < 1.29 is 14.3 Å². The Bertz CT molecular complexity index is 1380. The molecular formula is C25H22ClN3O3S. The van der Waals surface area contributed by atoms with Crippen molar-refractivity contribution in [1.82, 2.24) is 9.88 Å². The van der Waals surface area contributed by atoms with Crippen LogP contribution in [0.2, 0.25) is 5.02 Å². The molecule has 3 heterocycles. The lowest BCUT2D eigenvalue weighted by Gasteiger charge is -2.44. The molecule has 0 saturated heterocycles. The molecule has 0 saturated carbocycles. The van der Waals surface area contributed by atoms with Gasteiger partial charge in [0.1, 0.15) is 21.8 Å². The highest BCUT2D eigenvalue weighted by atomic mass is 35.5. The number of carbonyl (C=O) groups is 2. The Labute approximate surface area is 200 Å². The lowest BCUT2D eigenvalue weighted by Crippen LogP contribution is -2.64. The molecule has 5 rings (SSSR count). The van der Waals surface area contributed by atoms with Crippen LogP contribution < -0.4 is 15.0 Å². The Morgan fingerprint density at radius 3 is 2.79 bits per heavy atom. The topological polar surface area (TPSA) is 63.6 Å². The number of rotatable bonds is 5. The fraction of sp³-hybridized carbons (Fsp3) is 0.200. The molecule has 1 aliphatic heterocycles. The van der Waals surface area contributed by atoms with Gasteiger partial charge in [-0.05, 0) is 48.7 Å². The third-order valence-electron chi connectivity index (χ3n) is 6.07. The molecule has 0 radical (unpaired) electrons. The summed E-state index contributed by atoms with van der Waals surface area (Å²) in [6.07, 6.45) is 0. The minimum atomic E-state index is -1.17. The summed E-state index contributed by atoms with van der Waals surface area (Å²) in [5.74, 6) is 0.204. The molecule has 0 aliphatic carbocycles. The van der Waals surface area contributed by atoms with Crippen molar-refractivity contribution >= 4 is 50.7 Å². The van der Waals surface area contributed by atoms with Crippen LogP contribution in [0.15, 0.2) is 66.0 Å². The first-order valence-corrected chi connectivity index (χ1v) is 11.8. The number of fused-ring (bicyclic) bond motifs is 3. The Morgan fingerprint density at radius 1 is 1.18 bits per heavy atom. The van der Waals surface area contributed by atoms with Crippen LogP contribution in [0.25, 0.3) is 10.2 Å². The van der Waals surface area contributed by atoms with Crippen LogP contribution in [0.4, 0.5) is 5.69 Å². The highest BCUT2D eigenvalue weighted by Crippen LogP contribution is 2.38. The summed E-state index contributed by atoms with van der Waals surface area (Å²) in [6.45, 7) is 2.40. The van der Waals surface area contributed by atoms with E-state index in [9.17, 15) is 9.59 Å². The van der Waals surface area contributed by atoms with E-state index in [4.69, 9.17) is 16.3 Å². The minimum Gasteiger partial charge on any atom is -0.496 e. The van der Waals surface area contributed by atoms with E-state index in [1.165, 1.54) is 0 Å². The van der Waals surface area contributed by atoms with Crippen LogP contribution in [0.3, 0.4) is 0 Å². The molecule has 0 spiro atoms. The van der Waals surface area contributed by atoms with Crippen molar-refractivity contribution in [3.63, 3.8) is 0 Å². The Hall–Kier alpha value is -3.29. The first kappa shape index (κ1) is 21.6. The van der Waals surface area contributed by atoms with E-state index in [1.54, 1.807) is 54.5 Å². The molecule has 0 fully saturated rings. The molecule has 8 heteroatoms. The van der Waals surface area contributed by atoms with Crippen LogP contribution in [-0.2, 0) is 17.9 Å². The van der Waals surface area contributed by atoms with Crippen LogP contribution in [-0.4, -0.2) is 29.0 Å². The average molecular weight is 480 g/mol. The number of halogens is 1. The van der Waals surface area contributed by atoms with Crippen molar-refractivity contribution in [3.8, 4) is 5.75 Å². The summed E-state index contributed by atoms with van der Waals surface area (Å²) in [6, 6.07) is 18.5. The molecule has 2 amide bonds. The predicted molar refractivity (Wildman–Crippen MR) is 131 cm³/mol. The number of hydrogen-bond acceptors (Lipinski definition) is 4. The molecule has 2 aromatic heterocycles. The molecule has 0 bridgehead atoms. The van der Waals surface area contributed by atoms with E-state index in [-0.39, 0.29) is 18.4 Å². The monoisotopic (exact) mass is 479 g/mol. The molecule has 1 aliphatic rings. The third-order valence-corrected chi connectivity index (χ3v) is 7.26. The normalized spacial score (nSPS) is 17.8. The fourth-order valence-corrected chi connectivity index (χ4v) is 5.51. The highest BCUT2D eigenvalue weighted by Gasteiger charge is 2.48. The summed E-state index contributed by atoms with van der Waals surface area (Å²) < 4.78 is 7.36. The number of nitrogens with one attached hydrogen (secondary N) is 1. The number of thiophene rings is 1. The molecule has 2 aromatic carbocycles. The van der Waals surface area contributed by atoms with Crippen LogP contribution in [0.5, 0.6) is 5.75 Å². The first-order valence-electron chi connectivity index (χ1n) is 10.5. The van der Waals surface area contributed by atoms with Gasteiger partial charge in [-0.2, -0.15) is 0 Å². The van der Waals surface area contributed by atoms with Gasteiger partial charge in [-0.25, -0.2) is 0 Å². The van der Waals surface area contributed by atoms with E-state index in [0.29, 0.717) is 28.7 Å². The van der Waals surface area contributed by atoms with Gasteiger partial charge in [0.2, 0.25) is 5.91 Å². The van der Waals surface area contributed by atoms with Crippen LogP contribution >= 0.6 is 22.9 Å². The Morgan fingerprint density at radius 2 is 2.00 bits per heavy atom. The SMILES string of the molecule is COc1ccccc1CNC(=O)C1(C)Cn2c(cc3ccsc32)C(=O)N1c1cccc(Cl)c1. The minimum absolute atomic E-state index is 0.234. The molecule has 4 aromatic rings. The molecule has 6 nitrogen and oxygen atoms in total. The number of anilines is 1. The summed E-state index contributed by atoms with van der Waals surface area (Å²) in [5, 5.41) is 6.51. The quantitative estimate of drug-likeness (QED) is 0.433. The lowest BCUT2D eigenvalue weighted by atomic mass is 9.93. The largest absolute Gasteiger partial charge is 0.496 e. The summed E-state index contributed by atoms with van der Waals surface area (Å²) in [4.78, 5) is 30.0. The number of aromatic nitrogens is 1. The van der Waals surface area contributed by atoms with E-state index in [1.807, 2.05) is 46.3 Å². The number of hydrogen-bond donors (Lipinski definition) is 1. The van der Waals surface area contributed by atoms with Gasteiger partial charge in [-0.15, -0.1) is 11.3 Å². The van der Waals surface area contributed by atoms with Gasteiger partial charge in [0.25, 0.3) is 5.91 Å². The van der Waals surface area contributed by atoms with E-state index >= 15 is 0 Å². The summed E-state index contributed by atoms with van der Waals surface area (Å²) >= 11 is 7.81. The van der Waals surface area contributed by atoms with Gasteiger partial charge in [0.05, 0.1) is 13.7 Å². The van der Waals surface area contributed by atoms with Gasteiger partial charge in [-0.1, -0.05) is 35.9 Å². The van der Waals surface area contributed by atoms with Crippen molar-refractivity contribution in [2.45, 2.75) is 25.6 Å². The number of benzene rings is 2. The number of carbonyl (C=O) groups excluding carboxylic acids is 2. The zero-order valence-electron chi connectivity index (χ0n) is 18.2. The molecule has 168 valence electrons. The Balaban J connectivity index is 1.56. The second-order valence-corrected chi connectivity index (χ2v) is 9.52. The van der Waals surface area contributed by atoms with Gasteiger partial charge in [0.15, 0.2) is 0 Å². The summed E-state index contributed by atoms with van der Waals surface area (Å²) in [7, 11) is 1.60. The number of ether oxygens (including phenoxy) is 1. The number of para-hydroxylation sites is 1.